The first kappa shape index (κ1) is 37.9. The maximum atomic E-state index is 12.2. The van der Waals surface area contributed by atoms with E-state index < -0.39 is 0 Å². The monoisotopic (exact) mass is 856 g/mol. The molecule has 0 amide bonds. The van der Waals surface area contributed by atoms with Crippen molar-refractivity contribution in [2.75, 3.05) is 0 Å². The van der Waals surface area contributed by atoms with Gasteiger partial charge in [0, 0.05) is 62.2 Å². The van der Waals surface area contributed by atoms with Crippen molar-refractivity contribution in [1.29, 1.82) is 0 Å². The molecule has 0 saturated carbocycles. The van der Waals surface area contributed by atoms with Crippen LogP contribution in [0.1, 0.15) is 93.6 Å². The number of aromatic nitrogens is 2. The van der Waals surface area contributed by atoms with Gasteiger partial charge in [0.2, 0.25) is 0 Å². The molecule has 0 unspecified atom stereocenters. The summed E-state index contributed by atoms with van der Waals surface area (Å²) in [6.45, 7) is 18.9. The van der Waals surface area contributed by atoms with Crippen LogP contribution in [0.2, 0.25) is 0 Å². The molecule has 0 atom stereocenters. The van der Waals surface area contributed by atoms with Crippen molar-refractivity contribution >= 4 is 69.6 Å². The first-order chi connectivity index (χ1) is 22.3. The van der Waals surface area contributed by atoms with E-state index in [0.717, 1.165) is 52.5 Å². The maximum absolute atomic E-state index is 12.2. The van der Waals surface area contributed by atoms with E-state index in [1.165, 1.54) is 37.2 Å². The van der Waals surface area contributed by atoms with Gasteiger partial charge in [0.05, 0.1) is 5.52 Å². The topological polar surface area (TPSA) is 63.1 Å². The average Bonchev–Trinajstić information content (AvgIpc) is 3.69. The molecular weight excluding hydrogens is 809 g/mol. The number of allylic oxidation sites excluding steroid dienone is 2. The van der Waals surface area contributed by atoms with Gasteiger partial charge in [-0.25, -0.2) is 4.98 Å². The van der Waals surface area contributed by atoms with Crippen LogP contribution in [0.15, 0.2) is 72.1 Å². The van der Waals surface area contributed by atoms with Crippen molar-refractivity contribution in [2.45, 2.75) is 93.4 Å². The molecule has 0 saturated heterocycles. The number of hydrogen-bond donors (Lipinski definition) is 1. The normalized spacial score (nSPS) is 12.7. The Morgan fingerprint density at radius 3 is 2.17 bits per heavy atom. The quantitative estimate of drug-likeness (QED) is 0.0941. The molecular formula is C41H47IrN2O2S2-. The van der Waals surface area contributed by atoms with E-state index in [1.807, 2.05) is 41.5 Å². The zero-order valence-electron chi connectivity index (χ0n) is 29.6. The summed E-state index contributed by atoms with van der Waals surface area (Å²) in [6, 6.07) is 21.2. The van der Waals surface area contributed by atoms with Crippen LogP contribution in [0.5, 0.6) is 0 Å². The van der Waals surface area contributed by atoms with Crippen molar-refractivity contribution in [2.24, 2.45) is 10.8 Å². The first-order valence-electron chi connectivity index (χ1n) is 16.7. The predicted molar refractivity (Wildman–Crippen MR) is 204 cm³/mol. The van der Waals surface area contributed by atoms with Crippen LogP contribution >= 0.6 is 22.7 Å². The Bertz CT molecular complexity index is 2090. The number of rotatable bonds is 8. The molecule has 1 N–H and O–H groups in total. The molecule has 3 aromatic carbocycles. The van der Waals surface area contributed by atoms with Crippen molar-refractivity contribution < 1.29 is 30.0 Å². The summed E-state index contributed by atoms with van der Waals surface area (Å²) >= 11 is 3.56. The summed E-state index contributed by atoms with van der Waals surface area (Å²) in [7, 11) is 0. The number of carbonyl (C=O) groups is 1. The number of fused-ring (bicyclic) bond motifs is 5. The Hall–Kier alpha value is -2.96. The molecule has 3 heterocycles. The summed E-state index contributed by atoms with van der Waals surface area (Å²) in [5.74, 6) is 0.286. The number of hydrogen-bond acceptors (Lipinski definition) is 6. The summed E-state index contributed by atoms with van der Waals surface area (Å²) < 4.78 is 3.71. The zero-order chi connectivity index (χ0) is 34.1. The van der Waals surface area contributed by atoms with Crippen LogP contribution in [0, 0.1) is 16.9 Å². The molecule has 7 heteroatoms. The molecule has 3 aromatic heterocycles. The number of carbonyl (C=O) groups excluding carboxylic acids is 1. The van der Waals surface area contributed by atoms with Crippen LogP contribution in [-0.2, 0) is 30.3 Å². The van der Waals surface area contributed by atoms with E-state index >= 15 is 0 Å². The molecule has 1 radical (unpaired) electrons. The minimum atomic E-state index is -0.337. The standard InChI is InChI=1S/C26H19N2S2.C15H28O2.Ir/c1-26(2,3)20-12-17(10-15-6-4-5-7-18(15)20)23-25-24(28-14-27-23)19-11-16-8-9-29-21(16)13-22(19)30-25;1-7-14(5,8-2)12(16)11-13(17)15(6,9-3)10-4;/h4-9,11-14H,1-3H3;11,16H,7-10H2,1-6H3;/q-1;;/b;12-11-;. The minimum absolute atomic E-state index is 0. The predicted octanol–water partition coefficient (Wildman–Crippen LogP) is 12.6. The Morgan fingerprint density at radius 2 is 1.52 bits per heavy atom. The summed E-state index contributed by atoms with van der Waals surface area (Å²) in [6.07, 6.45) is 6.45. The Morgan fingerprint density at radius 1 is 0.854 bits per heavy atom. The van der Waals surface area contributed by atoms with E-state index in [9.17, 15) is 9.90 Å². The molecule has 48 heavy (non-hydrogen) atoms. The number of ketones is 1. The Balaban J connectivity index is 0.000000251. The van der Waals surface area contributed by atoms with Gasteiger partial charge in [-0.15, -0.1) is 51.8 Å². The van der Waals surface area contributed by atoms with Gasteiger partial charge in [-0.1, -0.05) is 91.5 Å². The smallest absolute Gasteiger partial charge is 0.164 e. The fourth-order valence-electron chi connectivity index (χ4n) is 5.89. The molecule has 4 nitrogen and oxygen atoms in total. The van der Waals surface area contributed by atoms with Crippen LogP contribution in [0.3, 0.4) is 0 Å². The number of aliphatic hydroxyl groups is 1. The zero-order valence-corrected chi connectivity index (χ0v) is 33.6. The number of aliphatic hydroxyl groups excluding tert-OH is 1. The Kier molecular flexibility index (Phi) is 11.7. The third kappa shape index (κ3) is 7.31. The van der Waals surface area contributed by atoms with E-state index in [1.54, 1.807) is 29.0 Å². The number of benzene rings is 3. The summed E-state index contributed by atoms with van der Waals surface area (Å²) in [5, 5.41) is 17.2. The van der Waals surface area contributed by atoms with E-state index in [0.29, 0.717) is 0 Å². The van der Waals surface area contributed by atoms with Crippen LogP contribution in [-0.4, -0.2) is 20.9 Å². The van der Waals surface area contributed by atoms with E-state index in [-0.39, 0.29) is 47.9 Å². The van der Waals surface area contributed by atoms with E-state index in [2.05, 4.69) is 85.7 Å². The maximum Gasteiger partial charge on any atom is 0.164 e. The van der Waals surface area contributed by atoms with Gasteiger partial charge in [-0.3, -0.25) is 9.78 Å². The fraction of sp³-hybridized carbons (Fsp3) is 0.390. The molecule has 6 aromatic rings. The van der Waals surface area contributed by atoms with Gasteiger partial charge in [0.25, 0.3) is 0 Å². The molecule has 0 bridgehead atoms. The third-order valence-corrected chi connectivity index (χ3v) is 12.3. The molecule has 0 fully saturated rings. The van der Waals surface area contributed by atoms with E-state index in [4.69, 9.17) is 4.98 Å². The average molecular weight is 856 g/mol. The SMILES string of the molecule is CC(C)(C)c1cc(-c2ncnc3c2sc2cc4sccc4cc23)[c-]c2ccccc12.CCC(C)(CC)C(=O)/C=C(\O)C(C)(CC)CC.[Ir]. The number of thiophene rings is 2. The molecule has 0 aliphatic heterocycles. The molecule has 0 aliphatic rings. The molecule has 0 aliphatic carbocycles. The van der Waals surface area contributed by atoms with Gasteiger partial charge in [-0.2, -0.15) is 0 Å². The van der Waals surface area contributed by atoms with Crippen molar-refractivity contribution in [3.05, 3.63) is 83.7 Å². The largest absolute Gasteiger partial charge is 0.512 e. The van der Waals surface area contributed by atoms with Crippen LogP contribution in [0.25, 0.3) is 52.4 Å². The number of nitrogens with zero attached hydrogens (tertiary/aromatic N) is 2. The minimum Gasteiger partial charge on any atom is -0.512 e. The fourth-order valence-corrected chi connectivity index (χ4v) is 7.95. The van der Waals surface area contributed by atoms with Crippen molar-refractivity contribution in [1.82, 2.24) is 9.97 Å². The van der Waals surface area contributed by atoms with Crippen LogP contribution < -0.4 is 0 Å². The van der Waals surface area contributed by atoms with Gasteiger partial charge in [0.15, 0.2) is 5.78 Å². The first-order valence-corrected chi connectivity index (χ1v) is 18.4. The van der Waals surface area contributed by atoms with Gasteiger partial charge in [0.1, 0.15) is 12.1 Å². The molecule has 255 valence electrons. The summed E-state index contributed by atoms with van der Waals surface area (Å²) in [4.78, 5) is 21.6. The summed E-state index contributed by atoms with van der Waals surface area (Å²) in [5.41, 5.74) is 3.79. The molecule has 0 spiro atoms. The third-order valence-electron chi connectivity index (χ3n) is 10.3. The molecule has 6 rings (SSSR count). The van der Waals surface area contributed by atoms with Gasteiger partial charge in [-0.05, 0) is 60.1 Å². The second-order valence-corrected chi connectivity index (χ2v) is 16.1. The van der Waals surface area contributed by atoms with Gasteiger partial charge < -0.3 is 5.11 Å². The second kappa shape index (κ2) is 14.9. The van der Waals surface area contributed by atoms with Gasteiger partial charge >= 0.3 is 0 Å². The van der Waals surface area contributed by atoms with Crippen LogP contribution in [0.4, 0.5) is 0 Å². The van der Waals surface area contributed by atoms with Crippen molar-refractivity contribution in [3.63, 3.8) is 0 Å². The second-order valence-electron chi connectivity index (χ2n) is 14.1. The van der Waals surface area contributed by atoms with Crippen molar-refractivity contribution in [3.8, 4) is 11.3 Å². The Labute approximate surface area is 307 Å².